The Morgan fingerprint density at radius 2 is 1.73 bits per heavy atom. The zero-order valence-electron chi connectivity index (χ0n) is 15.8. The fourth-order valence-corrected chi connectivity index (χ4v) is 3.13. The summed E-state index contributed by atoms with van der Waals surface area (Å²) < 4.78 is 10.4. The summed E-state index contributed by atoms with van der Waals surface area (Å²) >= 11 is 5.98. The van der Waals surface area contributed by atoms with Crippen molar-refractivity contribution in [3.63, 3.8) is 0 Å². The van der Waals surface area contributed by atoms with E-state index in [1.807, 2.05) is 45.0 Å². The second-order valence-electron chi connectivity index (χ2n) is 7.34. The number of methoxy groups -OCH3 is 1. The van der Waals surface area contributed by atoms with E-state index in [-0.39, 0.29) is 12.1 Å². The molecular formula is C19H27ClN2O4. The van der Waals surface area contributed by atoms with Gasteiger partial charge in [-0.05, 0) is 51.3 Å². The van der Waals surface area contributed by atoms with Crippen LogP contribution >= 0.6 is 11.6 Å². The highest BCUT2D eigenvalue weighted by molar-refractivity contribution is 6.30. The van der Waals surface area contributed by atoms with Crippen LogP contribution in [0.1, 0.15) is 45.2 Å². The van der Waals surface area contributed by atoms with E-state index in [1.54, 1.807) is 9.80 Å². The van der Waals surface area contributed by atoms with Crippen LogP contribution in [0.15, 0.2) is 24.3 Å². The third kappa shape index (κ3) is 5.53. The molecule has 1 atom stereocenters. The van der Waals surface area contributed by atoms with E-state index in [0.29, 0.717) is 24.7 Å². The number of carbonyl (C=O) groups excluding carboxylic acids is 2. The molecule has 0 saturated carbocycles. The largest absolute Gasteiger partial charge is 0.453 e. The van der Waals surface area contributed by atoms with Crippen LogP contribution in [0.3, 0.4) is 0 Å². The van der Waals surface area contributed by atoms with E-state index >= 15 is 0 Å². The molecule has 6 nitrogen and oxygen atoms in total. The van der Waals surface area contributed by atoms with Gasteiger partial charge in [-0.2, -0.15) is 0 Å². The molecule has 0 bridgehead atoms. The smallest absolute Gasteiger partial charge is 0.410 e. The van der Waals surface area contributed by atoms with E-state index in [2.05, 4.69) is 0 Å². The minimum absolute atomic E-state index is 0.111. The maximum atomic E-state index is 12.4. The van der Waals surface area contributed by atoms with Crippen LogP contribution in [0.2, 0.25) is 5.02 Å². The average molecular weight is 383 g/mol. The maximum Gasteiger partial charge on any atom is 0.410 e. The normalized spacial score (nSPS) is 18.7. The van der Waals surface area contributed by atoms with Gasteiger partial charge < -0.3 is 14.4 Å². The predicted molar refractivity (Wildman–Crippen MR) is 100 cm³/mol. The quantitative estimate of drug-likeness (QED) is 0.718. The first-order valence-electron chi connectivity index (χ1n) is 8.79. The Bertz CT molecular complexity index is 627. The van der Waals surface area contributed by atoms with Gasteiger partial charge in [-0.1, -0.05) is 23.7 Å². The molecule has 7 heteroatoms. The van der Waals surface area contributed by atoms with Crippen molar-refractivity contribution in [2.45, 2.75) is 45.3 Å². The Balaban J connectivity index is 2.16. The first-order valence-corrected chi connectivity index (χ1v) is 9.17. The molecule has 26 heavy (non-hydrogen) atoms. The SMILES string of the molecule is COC(=O)N1CCN(C(=O)OC(C)(C)C)CCC[C@@H]1c1ccc(Cl)cc1. The lowest BCUT2D eigenvalue weighted by atomic mass is 9.99. The molecule has 1 aromatic carbocycles. The second kappa shape index (κ2) is 8.62. The number of hydrogen-bond acceptors (Lipinski definition) is 4. The second-order valence-corrected chi connectivity index (χ2v) is 7.78. The molecule has 1 aromatic rings. The van der Waals surface area contributed by atoms with E-state index in [4.69, 9.17) is 21.1 Å². The summed E-state index contributed by atoms with van der Waals surface area (Å²) in [6.45, 7) is 6.88. The van der Waals surface area contributed by atoms with Crippen molar-refractivity contribution in [1.82, 2.24) is 9.80 Å². The third-order valence-electron chi connectivity index (χ3n) is 4.21. The molecule has 0 N–H and O–H groups in total. The summed E-state index contributed by atoms with van der Waals surface area (Å²) in [6, 6.07) is 7.38. The van der Waals surface area contributed by atoms with Crippen LogP contribution in [0.5, 0.6) is 0 Å². The molecule has 0 spiro atoms. The van der Waals surface area contributed by atoms with Crippen LogP contribution in [0, 0.1) is 0 Å². The van der Waals surface area contributed by atoms with Gasteiger partial charge in [-0.3, -0.25) is 4.90 Å². The maximum absolute atomic E-state index is 12.4. The first-order chi connectivity index (χ1) is 12.2. The number of carbonyl (C=O) groups is 2. The molecule has 0 aliphatic carbocycles. The molecule has 0 radical (unpaired) electrons. The Kier molecular flexibility index (Phi) is 6.75. The lowest BCUT2D eigenvalue weighted by Crippen LogP contribution is -2.46. The Labute approximate surface area is 160 Å². The Morgan fingerprint density at radius 3 is 2.31 bits per heavy atom. The van der Waals surface area contributed by atoms with Gasteiger partial charge in [0.2, 0.25) is 0 Å². The van der Waals surface area contributed by atoms with Crippen molar-refractivity contribution >= 4 is 23.8 Å². The Hall–Kier alpha value is -1.95. The number of halogens is 1. The van der Waals surface area contributed by atoms with Gasteiger partial charge in [-0.25, -0.2) is 9.59 Å². The van der Waals surface area contributed by atoms with Crippen molar-refractivity contribution < 1.29 is 19.1 Å². The van der Waals surface area contributed by atoms with Crippen LogP contribution < -0.4 is 0 Å². The molecule has 1 aliphatic rings. The summed E-state index contributed by atoms with van der Waals surface area (Å²) in [6.07, 6.45) is 0.707. The fraction of sp³-hybridized carbons (Fsp3) is 0.579. The lowest BCUT2D eigenvalue weighted by Gasteiger charge is -2.36. The zero-order chi connectivity index (χ0) is 19.3. The third-order valence-corrected chi connectivity index (χ3v) is 4.46. The summed E-state index contributed by atoms with van der Waals surface area (Å²) in [5.74, 6) is 0. The van der Waals surface area contributed by atoms with Gasteiger partial charge in [0.15, 0.2) is 0 Å². The molecule has 1 aliphatic heterocycles. The Morgan fingerprint density at radius 1 is 1.08 bits per heavy atom. The molecule has 144 valence electrons. The molecule has 1 fully saturated rings. The minimum atomic E-state index is -0.548. The fourth-order valence-electron chi connectivity index (χ4n) is 3.00. The first kappa shape index (κ1) is 20.4. The summed E-state index contributed by atoms with van der Waals surface area (Å²) in [4.78, 5) is 28.0. The summed E-state index contributed by atoms with van der Waals surface area (Å²) in [7, 11) is 1.37. The summed E-state index contributed by atoms with van der Waals surface area (Å²) in [5.41, 5.74) is 0.457. The number of amides is 2. The van der Waals surface area contributed by atoms with Crippen molar-refractivity contribution in [2.24, 2.45) is 0 Å². The van der Waals surface area contributed by atoms with Gasteiger partial charge in [-0.15, -0.1) is 0 Å². The number of nitrogens with zero attached hydrogens (tertiary/aromatic N) is 2. The highest BCUT2D eigenvalue weighted by Crippen LogP contribution is 2.29. The van der Waals surface area contributed by atoms with Crippen LogP contribution in [0.25, 0.3) is 0 Å². The number of rotatable bonds is 1. The molecule has 1 heterocycles. The van der Waals surface area contributed by atoms with Crippen molar-refractivity contribution in [1.29, 1.82) is 0 Å². The zero-order valence-corrected chi connectivity index (χ0v) is 16.6. The van der Waals surface area contributed by atoms with Gasteiger partial charge in [0.25, 0.3) is 0 Å². The van der Waals surface area contributed by atoms with E-state index in [1.165, 1.54) is 7.11 Å². The van der Waals surface area contributed by atoms with Crippen LogP contribution in [0.4, 0.5) is 9.59 Å². The van der Waals surface area contributed by atoms with Gasteiger partial charge >= 0.3 is 12.2 Å². The molecule has 0 aromatic heterocycles. The average Bonchev–Trinajstić information content (AvgIpc) is 2.54. The monoisotopic (exact) mass is 382 g/mol. The van der Waals surface area contributed by atoms with E-state index < -0.39 is 11.7 Å². The van der Waals surface area contributed by atoms with Crippen molar-refractivity contribution in [3.05, 3.63) is 34.9 Å². The van der Waals surface area contributed by atoms with Crippen molar-refractivity contribution in [3.8, 4) is 0 Å². The number of ether oxygens (including phenoxy) is 2. The molecule has 2 amide bonds. The van der Waals surface area contributed by atoms with Gasteiger partial charge in [0, 0.05) is 24.7 Å². The molecular weight excluding hydrogens is 356 g/mol. The van der Waals surface area contributed by atoms with E-state index in [9.17, 15) is 9.59 Å². The topological polar surface area (TPSA) is 59.1 Å². The van der Waals surface area contributed by atoms with Gasteiger partial charge in [0.05, 0.1) is 13.2 Å². The lowest BCUT2D eigenvalue weighted by molar-refractivity contribution is 0.0177. The molecule has 2 rings (SSSR count). The van der Waals surface area contributed by atoms with E-state index in [0.717, 1.165) is 18.4 Å². The molecule has 0 unspecified atom stereocenters. The minimum Gasteiger partial charge on any atom is -0.453 e. The van der Waals surface area contributed by atoms with Crippen molar-refractivity contribution in [2.75, 3.05) is 26.7 Å². The summed E-state index contributed by atoms with van der Waals surface area (Å²) in [5, 5.41) is 0.653. The van der Waals surface area contributed by atoms with Crippen LogP contribution in [-0.4, -0.2) is 54.3 Å². The van der Waals surface area contributed by atoms with Gasteiger partial charge in [0.1, 0.15) is 5.60 Å². The highest BCUT2D eigenvalue weighted by Gasteiger charge is 2.30. The standard InChI is InChI=1S/C19H27ClN2O4/c1-19(2,3)26-17(23)21-11-5-6-16(14-7-9-15(20)10-8-14)22(13-12-21)18(24)25-4/h7-10,16H,5-6,11-13H2,1-4H3/t16-/m1/s1. The van der Waals surface area contributed by atoms with Crippen LogP contribution in [-0.2, 0) is 9.47 Å². The highest BCUT2D eigenvalue weighted by atomic mass is 35.5. The molecule has 1 saturated heterocycles. The number of hydrogen-bond donors (Lipinski definition) is 0. The predicted octanol–water partition coefficient (Wildman–Crippen LogP) is 4.48. The number of benzene rings is 1.